The Morgan fingerprint density at radius 3 is 2.32 bits per heavy atom. The molecule has 0 spiro atoms. The number of thiazole rings is 1. The number of esters is 4. The van der Waals surface area contributed by atoms with Crippen molar-refractivity contribution >= 4 is 67.9 Å². The Hall–Kier alpha value is -6.13. The predicted molar refractivity (Wildman–Crippen MR) is 227 cm³/mol. The summed E-state index contributed by atoms with van der Waals surface area (Å²) in [5.74, 6) is -3.46. The summed E-state index contributed by atoms with van der Waals surface area (Å²) < 4.78 is 47.0. The van der Waals surface area contributed by atoms with Crippen molar-refractivity contribution < 1.29 is 67.0 Å². The third-order valence-electron chi connectivity index (χ3n) is 9.93. The number of carbonyl (C=O) groups excluding carboxylic acids is 5. The number of carbonyl (C=O) groups is 5. The number of amidine groups is 1. The number of hydrogen-bond acceptors (Lipinski definition) is 17. The Kier molecular flexibility index (Phi) is 15.0. The Labute approximate surface area is 365 Å². The van der Waals surface area contributed by atoms with Crippen LogP contribution in [0.5, 0.6) is 5.75 Å². The summed E-state index contributed by atoms with van der Waals surface area (Å²) in [5.41, 5.74) is 7.76. The van der Waals surface area contributed by atoms with Crippen LogP contribution in [-0.2, 0) is 52.3 Å². The van der Waals surface area contributed by atoms with E-state index in [9.17, 15) is 29.1 Å². The zero-order chi connectivity index (χ0) is 45.4. The van der Waals surface area contributed by atoms with Gasteiger partial charge < -0.3 is 54.1 Å². The Balaban J connectivity index is 1.06. The molecule has 5 atom stereocenters. The Bertz CT molecular complexity index is 2370. The van der Waals surface area contributed by atoms with E-state index in [1.807, 2.05) is 40.9 Å². The summed E-state index contributed by atoms with van der Waals surface area (Å²) in [6.45, 7) is 10.7. The van der Waals surface area contributed by atoms with E-state index in [0.29, 0.717) is 12.3 Å². The SMILES string of the molecule is COC(=O)C1O[C@@H](OCC(C)(C)/C(O)=C/C(N)=N\C(=O)Nc2ccc(-c3cn4c(n3)sc3cc(OCCN5CCOCC5)ccc34)cc2)C(OC(C)=O)C(OC(C)=O)C1OC(C)=O. The molecule has 0 bridgehead atoms. The van der Waals surface area contributed by atoms with Crippen molar-refractivity contribution in [3.8, 4) is 17.0 Å². The van der Waals surface area contributed by atoms with Crippen LogP contribution in [0.3, 0.4) is 0 Å². The zero-order valence-electron chi connectivity index (χ0n) is 35.6. The van der Waals surface area contributed by atoms with Crippen molar-refractivity contribution in [2.75, 3.05) is 58.5 Å². The summed E-state index contributed by atoms with van der Waals surface area (Å²) in [6, 6.07) is 12.2. The van der Waals surface area contributed by atoms with Crippen LogP contribution in [0, 0.1) is 5.41 Å². The smallest absolute Gasteiger partial charge is 0.347 e. The second kappa shape index (κ2) is 20.4. The highest BCUT2D eigenvalue weighted by Gasteiger charge is 2.55. The molecule has 2 fully saturated rings. The van der Waals surface area contributed by atoms with E-state index < -0.39 is 66.0 Å². The number of nitrogens with two attached hydrogens (primary N) is 1. The number of methoxy groups -OCH3 is 1. The number of anilines is 1. The maximum absolute atomic E-state index is 12.8. The lowest BCUT2D eigenvalue weighted by atomic mass is 9.91. The minimum absolute atomic E-state index is 0.344. The van der Waals surface area contributed by atoms with E-state index in [-0.39, 0.29) is 18.2 Å². The number of fused-ring (bicyclic) bond motifs is 3. The Morgan fingerprint density at radius 1 is 0.984 bits per heavy atom. The number of aliphatic hydroxyl groups is 1. The van der Waals surface area contributed by atoms with Crippen LogP contribution in [0.4, 0.5) is 10.5 Å². The number of amides is 2. The monoisotopic (exact) mass is 894 g/mol. The highest BCUT2D eigenvalue weighted by molar-refractivity contribution is 7.23. The van der Waals surface area contributed by atoms with E-state index >= 15 is 0 Å². The second-order valence-corrected chi connectivity index (χ2v) is 16.3. The first-order valence-corrected chi connectivity index (χ1v) is 20.7. The van der Waals surface area contributed by atoms with Gasteiger partial charge in [-0.3, -0.25) is 23.7 Å². The topological polar surface area (TPSA) is 250 Å². The first-order chi connectivity index (χ1) is 30.0. The number of benzene rings is 2. The van der Waals surface area contributed by atoms with Crippen molar-refractivity contribution in [3.63, 3.8) is 0 Å². The number of ether oxygens (including phenoxy) is 8. The number of aliphatic imine (C=N–C) groups is 1. The summed E-state index contributed by atoms with van der Waals surface area (Å²) in [6.07, 6.45) is -4.92. The van der Waals surface area contributed by atoms with Crippen molar-refractivity contribution in [3.05, 3.63) is 60.5 Å². The van der Waals surface area contributed by atoms with Crippen LogP contribution < -0.4 is 15.8 Å². The molecule has 2 aliphatic rings. The fourth-order valence-electron chi connectivity index (χ4n) is 6.77. The molecule has 2 aromatic heterocycles. The van der Waals surface area contributed by atoms with Crippen LogP contribution in [-0.4, -0.2) is 139 Å². The van der Waals surface area contributed by atoms with Gasteiger partial charge in [0.2, 0.25) is 0 Å². The van der Waals surface area contributed by atoms with Gasteiger partial charge in [0.1, 0.15) is 24.0 Å². The molecule has 0 aliphatic carbocycles. The molecule has 338 valence electrons. The summed E-state index contributed by atoms with van der Waals surface area (Å²) in [4.78, 5) is 73.5. The van der Waals surface area contributed by atoms with Gasteiger partial charge in [0.05, 0.1) is 42.8 Å². The molecule has 21 heteroatoms. The first-order valence-electron chi connectivity index (χ1n) is 19.9. The van der Waals surface area contributed by atoms with Gasteiger partial charge >= 0.3 is 29.9 Å². The van der Waals surface area contributed by atoms with Gasteiger partial charge in [0, 0.05) is 69.3 Å². The van der Waals surface area contributed by atoms with Crippen LogP contribution in [0.25, 0.3) is 26.4 Å². The molecule has 4 heterocycles. The number of nitrogens with zero attached hydrogens (tertiary/aromatic N) is 4. The summed E-state index contributed by atoms with van der Waals surface area (Å²) >= 11 is 1.56. The molecule has 4 aromatic rings. The number of urea groups is 1. The molecule has 2 amide bonds. The minimum atomic E-state index is -1.67. The lowest BCUT2D eigenvalue weighted by Gasteiger charge is -2.43. The molecular weight excluding hydrogens is 845 g/mol. The minimum Gasteiger partial charge on any atom is -0.512 e. The lowest BCUT2D eigenvalue weighted by Crippen LogP contribution is -2.64. The van der Waals surface area contributed by atoms with Gasteiger partial charge in [0.25, 0.3) is 0 Å². The summed E-state index contributed by atoms with van der Waals surface area (Å²) in [5, 5.41) is 13.7. The normalized spacial score (nSPS) is 21.1. The molecule has 4 unspecified atom stereocenters. The van der Waals surface area contributed by atoms with Crippen molar-refractivity contribution in [2.45, 2.75) is 65.3 Å². The number of imidazole rings is 1. The van der Waals surface area contributed by atoms with Gasteiger partial charge in [0.15, 0.2) is 35.7 Å². The summed E-state index contributed by atoms with van der Waals surface area (Å²) in [7, 11) is 1.06. The highest BCUT2D eigenvalue weighted by Crippen LogP contribution is 2.34. The molecule has 0 saturated carbocycles. The predicted octanol–water partition coefficient (Wildman–Crippen LogP) is 3.99. The molecule has 2 aromatic carbocycles. The Morgan fingerprint density at radius 2 is 1.65 bits per heavy atom. The maximum Gasteiger partial charge on any atom is 0.347 e. The largest absolute Gasteiger partial charge is 0.512 e. The highest BCUT2D eigenvalue weighted by atomic mass is 32.1. The fourth-order valence-corrected chi connectivity index (χ4v) is 7.80. The van der Waals surface area contributed by atoms with Crippen molar-refractivity contribution in [2.24, 2.45) is 16.1 Å². The van der Waals surface area contributed by atoms with Gasteiger partial charge in [-0.2, -0.15) is 4.99 Å². The van der Waals surface area contributed by atoms with E-state index in [4.69, 9.17) is 48.6 Å². The maximum atomic E-state index is 12.8. The van der Waals surface area contributed by atoms with Crippen LogP contribution in [0.1, 0.15) is 34.6 Å². The van der Waals surface area contributed by atoms with Crippen molar-refractivity contribution in [1.82, 2.24) is 14.3 Å². The lowest BCUT2D eigenvalue weighted by molar-refractivity contribution is -0.305. The molecule has 20 nitrogen and oxygen atoms in total. The number of aliphatic hydroxyl groups excluding tert-OH is 1. The molecular formula is C42H50N6O14S. The van der Waals surface area contributed by atoms with Gasteiger partial charge in [-0.15, -0.1) is 0 Å². The van der Waals surface area contributed by atoms with E-state index in [1.165, 1.54) is 0 Å². The van der Waals surface area contributed by atoms with Crippen molar-refractivity contribution in [1.29, 1.82) is 0 Å². The molecule has 2 aliphatic heterocycles. The molecule has 0 radical (unpaired) electrons. The van der Waals surface area contributed by atoms with Crippen LogP contribution in [0.15, 0.2) is 65.5 Å². The van der Waals surface area contributed by atoms with Gasteiger partial charge in [-0.05, 0) is 30.3 Å². The molecule has 63 heavy (non-hydrogen) atoms. The number of aromatic nitrogens is 2. The third-order valence-corrected chi connectivity index (χ3v) is 10.9. The van der Waals surface area contributed by atoms with E-state index in [2.05, 4.69) is 15.2 Å². The quantitative estimate of drug-likeness (QED) is 0.0502. The average molecular weight is 895 g/mol. The van der Waals surface area contributed by atoms with Gasteiger partial charge in [-0.1, -0.05) is 37.3 Å². The second-order valence-electron chi connectivity index (χ2n) is 15.3. The fraction of sp³-hybridized carbons (Fsp3) is 0.452. The third kappa shape index (κ3) is 11.9. The first kappa shape index (κ1) is 46.4. The van der Waals surface area contributed by atoms with E-state index in [1.54, 1.807) is 37.3 Å². The molecule has 2 saturated heterocycles. The van der Waals surface area contributed by atoms with E-state index in [0.717, 1.165) is 99.0 Å². The number of morpholine rings is 1. The zero-order valence-corrected chi connectivity index (χ0v) is 36.4. The van der Waals surface area contributed by atoms with Crippen LogP contribution in [0.2, 0.25) is 0 Å². The van der Waals surface area contributed by atoms with Crippen LogP contribution >= 0.6 is 11.3 Å². The number of hydrogen-bond donors (Lipinski definition) is 3. The average Bonchev–Trinajstić information content (AvgIpc) is 3.79. The number of rotatable bonds is 15. The van der Waals surface area contributed by atoms with Gasteiger partial charge in [-0.25, -0.2) is 14.6 Å². The molecule has 4 N–H and O–H groups in total. The standard InChI is InChI=1S/C42H50N6O14S/c1-23(49)59-34-35(60-24(2)50)37(61-25(3)51)39(62-36(34)38(53)55-6)58-22-42(4,5)32(52)20-33(43)46-40(54)44-27-9-7-26(8-10-27)29-21-48-30-12-11-28(19-31(30)63-41(48)45-29)57-18-15-47-13-16-56-17-14-47/h7-12,19-21,34-37,39,52H,13-18,22H2,1-6H3,(H3,43,44,46,54)/b32-20-/t34?,35?,36?,37?,39-/m1/s1. The molecule has 6 rings (SSSR count). The number of nitrogens with one attached hydrogen (secondary N) is 1.